The second kappa shape index (κ2) is 6.28. The smallest absolute Gasteiger partial charge is 0.233 e. The Morgan fingerprint density at radius 3 is 2.50 bits per heavy atom. The van der Waals surface area contributed by atoms with E-state index in [2.05, 4.69) is 36.5 Å². The molecule has 1 fully saturated rings. The normalized spacial score (nSPS) is 17.7. The molecule has 1 amide bonds. The molecule has 0 aromatic heterocycles. The lowest BCUT2D eigenvalue weighted by Crippen LogP contribution is -2.37. The van der Waals surface area contributed by atoms with Crippen LogP contribution in [0.5, 0.6) is 0 Å². The Morgan fingerprint density at radius 1 is 1.28 bits per heavy atom. The van der Waals surface area contributed by atoms with Crippen LogP contribution in [0.3, 0.4) is 0 Å². The fourth-order valence-electron chi connectivity index (χ4n) is 2.26. The van der Waals surface area contributed by atoms with E-state index in [9.17, 15) is 4.79 Å². The van der Waals surface area contributed by atoms with Crippen LogP contribution in [0, 0.1) is 6.92 Å². The first kappa shape index (κ1) is 13.5. The summed E-state index contributed by atoms with van der Waals surface area (Å²) < 4.78 is 0. The summed E-state index contributed by atoms with van der Waals surface area (Å²) in [5, 5.41) is 3.13. The highest BCUT2D eigenvalue weighted by Crippen LogP contribution is 2.24. The molecular weight excluding hydrogens is 242 g/mol. The zero-order valence-corrected chi connectivity index (χ0v) is 11.9. The third-order valence-electron chi connectivity index (χ3n) is 3.40. The van der Waals surface area contributed by atoms with Crippen molar-refractivity contribution in [3.63, 3.8) is 0 Å². The van der Waals surface area contributed by atoms with Crippen LogP contribution in [0.2, 0.25) is 0 Å². The van der Waals surface area contributed by atoms with Gasteiger partial charge >= 0.3 is 0 Å². The van der Waals surface area contributed by atoms with Crippen molar-refractivity contribution in [2.45, 2.75) is 55.7 Å². The Kier molecular flexibility index (Phi) is 4.70. The minimum absolute atomic E-state index is 0.0201. The molecule has 1 aromatic rings. The Hall–Kier alpha value is -0.960. The van der Waals surface area contributed by atoms with Gasteiger partial charge in [-0.2, -0.15) is 0 Å². The highest BCUT2D eigenvalue weighted by atomic mass is 32.2. The van der Waals surface area contributed by atoms with Gasteiger partial charge in [-0.25, -0.2) is 0 Å². The predicted octanol–water partition coefficient (Wildman–Crippen LogP) is 3.53. The second-order valence-corrected chi connectivity index (χ2v) is 6.48. The second-order valence-electron chi connectivity index (χ2n) is 5.06. The number of hydrogen-bond acceptors (Lipinski definition) is 2. The molecule has 1 aliphatic rings. The maximum atomic E-state index is 12.0. The minimum Gasteiger partial charge on any atom is -0.352 e. The first-order chi connectivity index (χ1) is 8.65. The van der Waals surface area contributed by atoms with Gasteiger partial charge < -0.3 is 5.32 Å². The quantitative estimate of drug-likeness (QED) is 0.842. The summed E-state index contributed by atoms with van der Waals surface area (Å²) in [6, 6.07) is 8.76. The van der Waals surface area contributed by atoms with E-state index >= 15 is 0 Å². The van der Waals surface area contributed by atoms with E-state index in [4.69, 9.17) is 0 Å². The van der Waals surface area contributed by atoms with Gasteiger partial charge in [0.1, 0.15) is 0 Å². The van der Waals surface area contributed by atoms with Crippen molar-refractivity contribution >= 4 is 17.7 Å². The zero-order chi connectivity index (χ0) is 13.0. The van der Waals surface area contributed by atoms with Crippen LogP contribution in [0.1, 0.15) is 38.2 Å². The van der Waals surface area contributed by atoms with Crippen LogP contribution < -0.4 is 5.32 Å². The van der Waals surface area contributed by atoms with Gasteiger partial charge in [-0.3, -0.25) is 4.79 Å². The minimum atomic E-state index is -0.0201. The predicted molar refractivity (Wildman–Crippen MR) is 76.9 cm³/mol. The van der Waals surface area contributed by atoms with Crippen LogP contribution >= 0.6 is 11.8 Å². The summed E-state index contributed by atoms with van der Waals surface area (Å²) in [5.41, 5.74) is 1.25. The number of thioether (sulfide) groups is 1. The Morgan fingerprint density at radius 2 is 1.89 bits per heavy atom. The average Bonchev–Trinajstić information content (AvgIpc) is 2.85. The molecule has 0 heterocycles. The lowest BCUT2D eigenvalue weighted by atomic mass is 10.2. The molecule has 18 heavy (non-hydrogen) atoms. The summed E-state index contributed by atoms with van der Waals surface area (Å²) >= 11 is 1.63. The van der Waals surface area contributed by atoms with Gasteiger partial charge in [0.05, 0.1) is 5.25 Å². The van der Waals surface area contributed by atoms with Gasteiger partial charge in [0.25, 0.3) is 0 Å². The van der Waals surface area contributed by atoms with E-state index in [-0.39, 0.29) is 11.2 Å². The van der Waals surface area contributed by atoms with E-state index in [0.29, 0.717) is 6.04 Å². The molecule has 0 bridgehead atoms. The standard InChI is InChI=1S/C15H21NOS/c1-11-7-9-14(10-8-11)18-12(2)15(17)16-13-5-3-4-6-13/h7-10,12-13H,3-6H2,1-2H3,(H,16,17). The number of rotatable bonds is 4. The fraction of sp³-hybridized carbons (Fsp3) is 0.533. The van der Waals surface area contributed by atoms with Gasteiger partial charge in [0, 0.05) is 10.9 Å². The summed E-state index contributed by atoms with van der Waals surface area (Å²) in [4.78, 5) is 13.2. The molecule has 1 unspecified atom stereocenters. The molecule has 2 rings (SSSR count). The number of carbonyl (C=O) groups excluding carboxylic acids is 1. The number of carbonyl (C=O) groups is 1. The molecule has 0 radical (unpaired) electrons. The summed E-state index contributed by atoms with van der Waals surface area (Å²) in [5.74, 6) is 0.174. The van der Waals surface area contributed by atoms with Crippen LogP contribution in [-0.2, 0) is 4.79 Å². The summed E-state index contributed by atoms with van der Waals surface area (Å²) in [7, 11) is 0. The summed E-state index contributed by atoms with van der Waals surface area (Å²) in [6.07, 6.45) is 4.80. The molecule has 1 aliphatic carbocycles. The van der Waals surface area contributed by atoms with E-state index < -0.39 is 0 Å². The molecule has 98 valence electrons. The molecule has 0 aliphatic heterocycles. The number of amides is 1. The van der Waals surface area contributed by atoms with Gasteiger partial charge in [-0.1, -0.05) is 30.5 Å². The fourth-order valence-corrected chi connectivity index (χ4v) is 3.14. The molecule has 1 N–H and O–H groups in total. The van der Waals surface area contributed by atoms with Crippen molar-refractivity contribution in [2.24, 2.45) is 0 Å². The average molecular weight is 263 g/mol. The Bertz CT molecular complexity index is 395. The van der Waals surface area contributed by atoms with Crippen LogP contribution in [0.25, 0.3) is 0 Å². The molecular formula is C15H21NOS. The van der Waals surface area contributed by atoms with Crippen LogP contribution in [-0.4, -0.2) is 17.2 Å². The van der Waals surface area contributed by atoms with Crippen molar-refractivity contribution in [2.75, 3.05) is 0 Å². The third kappa shape index (κ3) is 3.77. The molecule has 3 heteroatoms. The number of hydrogen-bond donors (Lipinski definition) is 1. The summed E-state index contributed by atoms with van der Waals surface area (Å²) in [6.45, 7) is 4.06. The molecule has 1 saturated carbocycles. The Labute approximate surface area is 114 Å². The van der Waals surface area contributed by atoms with E-state index in [0.717, 1.165) is 17.7 Å². The molecule has 0 saturated heterocycles. The maximum Gasteiger partial charge on any atom is 0.233 e. The van der Waals surface area contributed by atoms with Crippen molar-refractivity contribution in [1.82, 2.24) is 5.32 Å². The molecule has 0 spiro atoms. The van der Waals surface area contributed by atoms with Gasteiger partial charge in [0.15, 0.2) is 0 Å². The van der Waals surface area contributed by atoms with E-state index in [1.807, 2.05) is 6.92 Å². The number of benzene rings is 1. The first-order valence-corrected chi connectivity index (χ1v) is 7.57. The molecule has 1 aromatic carbocycles. The van der Waals surface area contributed by atoms with Crippen LogP contribution in [0.15, 0.2) is 29.2 Å². The topological polar surface area (TPSA) is 29.1 Å². The number of nitrogens with one attached hydrogen (secondary N) is 1. The lowest BCUT2D eigenvalue weighted by Gasteiger charge is -2.16. The largest absolute Gasteiger partial charge is 0.352 e. The lowest BCUT2D eigenvalue weighted by molar-refractivity contribution is -0.120. The van der Waals surface area contributed by atoms with Crippen molar-refractivity contribution in [1.29, 1.82) is 0 Å². The number of aryl methyl sites for hydroxylation is 1. The SMILES string of the molecule is Cc1ccc(SC(C)C(=O)NC2CCCC2)cc1. The molecule has 2 nitrogen and oxygen atoms in total. The van der Waals surface area contributed by atoms with Gasteiger partial charge in [-0.15, -0.1) is 11.8 Å². The zero-order valence-electron chi connectivity index (χ0n) is 11.1. The van der Waals surface area contributed by atoms with E-state index in [1.54, 1.807) is 11.8 Å². The highest BCUT2D eigenvalue weighted by Gasteiger charge is 2.21. The highest BCUT2D eigenvalue weighted by molar-refractivity contribution is 8.00. The van der Waals surface area contributed by atoms with Gasteiger partial charge in [0.2, 0.25) is 5.91 Å². The maximum absolute atomic E-state index is 12.0. The van der Waals surface area contributed by atoms with Crippen molar-refractivity contribution < 1.29 is 4.79 Å². The third-order valence-corrected chi connectivity index (χ3v) is 4.52. The van der Waals surface area contributed by atoms with E-state index in [1.165, 1.54) is 18.4 Å². The monoisotopic (exact) mass is 263 g/mol. The van der Waals surface area contributed by atoms with Crippen molar-refractivity contribution in [3.8, 4) is 0 Å². The van der Waals surface area contributed by atoms with Crippen molar-refractivity contribution in [3.05, 3.63) is 29.8 Å². The van der Waals surface area contributed by atoms with Gasteiger partial charge in [-0.05, 0) is 38.8 Å². The molecule has 1 atom stereocenters. The van der Waals surface area contributed by atoms with Crippen LogP contribution in [0.4, 0.5) is 0 Å². The Balaban J connectivity index is 1.84. The first-order valence-electron chi connectivity index (χ1n) is 6.69.